The van der Waals surface area contributed by atoms with Crippen molar-refractivity contribution in [2.45, 2.75) is 32.3 Å². The van der Waals surface area contributed by atoms with E-state index < -0.39 is 0 Å². The van der Waals surface area contributed by atoms with Gasteiger partial charge < -0.3 is 10.1 Å². The van der Waals surface area contributed by atoms with Crippen molar-refractivity contribution in [2.75, 3.05) is 5.32 Å². The molecular formula is C24H20ClN3O3S. The molecule has 2 aromatic heterocycles. The van der Waals surface area contributed by atoms with Crippen molar-refractivity contribution in [1.82, 2.24) is 9.38 Å². The van der Waals surface area contributed by atoms with Gasteiger partial charge >= 0.3 is 0 Å². The number of ether oxygens (including phenoxy) is 1. The monoisotopic (exact) mass is 465 g/mol. The van der Waals surface area contributed by atoms with Crippen LogP contribution in [0, 0.1) is 0 Å². The molecular weight excluding hydrogens is 446 g/mol. The smallest absolute Gasteiger partial charge is 0.259 e. The maximum absolute atomic E-state index is 12.7. The Morgan fingerprint density at radius 2 is 1.84 bits per heavy atom. The molecule has 4 aromatic rings. The average Bonchev–Trinajstić information content (AvgIpc) is 3.18. The van der Waals surface area contributed by atoms with E-state index in [1.807, 2.05) is 0 Å². The molecule has 1 N–H and O–H groups in total. The first-order chi connectivity index (χ1) is 15.6. The molecule has 1 amide bonds. The molecule has 2 aromatic carbocycles. The second kappa shape index (κ2) is 8.76. The first kappa shape index (κ1) is 20.7. The van der Waals surface area contributed by atoms with Crippen LogP contribution >= 0.6 is 22.9 Å². The molecule has 8 heteroatoms. The van der Waals surface area contributed by atoms with Crippen LogP contribution in [-0.2, 0) is 19.4 Å². The molecule has 0 aliphatic heterocycles. The first-order valence-electron chi connectivity index (χ1n) is 10.4. The molecule has 0 bridgehead atoms. The van der Waals surface area contributed by atoms with Crippen molar-refractivity contribution < 1.29 is 9.53 Å². The van der Waals surface area contributed by atoms with Gasteiger partial charge in [-0.05, 0) is 74.2 Å². The van der Waals surface area contributed by atoms with Crippen LogP contribution in [0.1, 0.15) is 39.5 Å². The topological polar surface area (TPSA) is 72.7 Å². The molecule has 0 spiro atoms. The third kappa shape index (κ3) is 4.26. The fraction of sp³-hybridized carbons (Fsp3) is 0.208. The van der Waals surface area contributed by atoms with Crippen LogP contribution in [-0.4, -0.2) is 15.3 Å². The van der Waals surface area contributed by atoms with Gasteiger partial charge in [0.2, 0.25) is 0 Å². The lowest BCUT2D eigenvalue weighted by atomic mass is 10.0. The Morgan fingerprint density at radius 3 is 2.62 bits per heavy atom. The number of thiazole rings is 1. The highest BCUT2D eigenvalue weighted by molar-refractivity contribution is 7.17. The molecule has 0 saturated carbocycles. The van der Waals surface area contributed by atoms with E-state index in [0.29, 0.717) is 27.7 Å². The fourth-order valence-corrected chi connectivity index (χ4v) is 5.17. The number of carbonyl (C=O) groups excluding carboxylic acids is 1. The van der Waals surface area contributed by atoms with Crippen molar-refractivity contribution in [1.29, 1.82) is 0 Å². The van der Waals surface area contributed by atoms with Gasteiger partial charge in [-0.25, -0.2) is 4.98 Å². The lowest BCUT2D eigenvalue weighted by molar-refractivity contribution is 0.102. The number of nitrogens with zero attached hydrogens (tertiary/aromatic N) is 2. The summed E-state index contributed by atoms with van der Waals surface area (Å²) in [5.41, 5.74) is 2.86. The van der Waals surface area contributed by atoms with Gasteiger partial charge in [0.05, 0.1) is 5.69 Å². The zero-order valence-corrected chi connectivity index (χ0v) is 18.7. The summed E-state index contributed by atoms with van der Waals surface area (Å²) in [4.78, 5) is 31.6. The number of fused-ring (bicyclic) bond motifs is 3. The van der Waals surface area contributed by atoms with Crippen molar-refractivity contribution in [3.05, 3.63) is 91.8 Å². The van der Waals surface area contributed by atoms with E-state index in [1.54, 1.807) is 70.3 Å². The van der Waals surface area contributed by atoms with Gasteiger partial charge in [-0.3, -0.25) is 14.0 Å². The number of aryl methyl sites for hydroxylation is 2. The highest BCUT2D eigenvalue weighted by atomic mass is 35.5. The summed E-state index contributed by atoms with van der Waals surface area (Å²) in [5.74, 6) is 0.411. The second-order valence-electron chi connectivity index (χ2n) is 7.66. The number of hydrogen-bond acceptors (Lipinski definition) is 5. The number of benzene rings is 2. The molecule has 162 valence electrons. The van der Waals surface area contributed by atoms with Crippen LogP contribution < -0.4 is 15.6 Å². The van der Waals surface area contributed by atoms with E-state index in [2.05, 4.69) is 10.3 Å². The Labute approximate surface area is 193 Å². The zero-order valence-electron chi connectivity index (χ0n) is 17.1. The maximum atomic E-state index is 12.7. The fourth-order valence-electron chi connectivity index (χ4n) is 3.81. The highest BCUT2D eigenvalue weighted by Crippen LogP contribution is 2.28. The average molecular weight is 466 g/mol. The van der Waals surface area contributed by atoms with E-state index in [0.717, 1.165) is 29.9 Å². The molecule has 2 heterocycles. The first-order valence-corrected chi connectivity index (χ1v) is 11.6. The Morgan fingerprint density at radius 1 is 1.09 bits per heavy atom. The number of nitrogens with one attached hydrogen (secondary N) is 1. The minimum atomic E-state index is -0.216. The summed E-state index contributed by atoms with van der Waals surface area (Å²) >= 11 is 7.47. The standard InChI is InChI=1S/C24H20ClN3O3S/c25-16-7-5-15(6-8-16)23(30)26-17-9-11-19(12-10-17)31-14-18-13-22(29)28-20-3-1-2-4-21(20)32-24(28)27-18/h5-13H,1-4,14H2,(H,26,30). The summed E-state index contributed by atoms with van der Waals surface area (Å²) in [7, 11) is 0. The summed E-state index contributed by atoms with van der Waals surface area (Å²) in [6.07, 6.45) is 4.25. The van der Waals surface area contributed by atoms with Crippen LogP contribution in [0.15, 0.2) is 59.4 Å². The zero-order chi connectivity index (χ0) is 22.1. The number of amides is 1. The van der Waals surface area contributed by atoms with Gasteiger partial charge in [-0.2, -0.15) is 0 Å². The minimum Gasteiger partial charge on any atom is -0.487 e. The Bertz CT molecular complexity index is 1340. The Balaban J connectivity index is 1.25. The predicted molar refractivity (Wildman–Crippen MR) is 126 cm³/mol. The third-order valence-corrected chi connectivity index (χ3v) is 6.81. The lowest BCUT2D eigenvalue weighted by Gasteiger charge is -2.10. The molecule has 32 heavy (non-hydrogen) atoms. The number of hydrogen-bond donors (Lipinski definition) is 1. The molecule has 0 radical (unpaired) electrons. The van der Waals surface area contributed by atoms with Crippen LogP contribution in [0.25, 0.3) is 4.96 Å². The third-order valence-electron chi connectivity index (χ3n) is 5.42. The van der Waals surface area contributed by atoms with Crippen LogP contribution in [0.3, 0.4) is 0 Å². The van der Waals surface area contributed by atoms with Crippen molar-refractivity contribution >= 4 is 39.5 Å². The number of anilines is 1. The summed E-state index contributed by atoms with van der Waals surface area (Å²) in [5, 5.41) is 3.42. The molecule has 6 nitrogen and oxygen atoms in total. The highest BCUT2D eigenvalue weighted by Gasteiger charge is 2.18. The van der Waals surface area contributed by atoms with Gasteiger partial charge in [0.1, 0.15) is 12.4 Å². The van der Waals surface area contributed by atoms with Crippen molar-refractivity contribution in [3.8, 4) is 5.75 Å². The molecule has 0 unspecified atom stereocenters. The molecule has 0 atom stereocenters. The Hall–Kier alpha value is -3.16. The number of rotatable bonds is 5. The number of aromatic nitrogens is 2. The van der Waals surface area contributed by atoms with E-state index in [1.165, 1.54) is 11.3 Å². The summed E-state index contributed by atoms with van der Waals surface area (Å²) in [6.45, 7) is 0.199. The molecule has 1 aliphatic rings. The van der Waals surface area contributed by atoms with Gasteiger partial charge in [0.25, 0.3) is 11.5 Å². The maximum Gasteiger partial charge on any atom is 0.259 e. The summed E-state index contributed by atoms with van der Waals surface area (Å²) < 4.78 is 7.57. The SMILES string of the molecule is O=C(Nc1ccc(OCc2cc(=O)n3c4c(sc3n2)CCCC4)cc1)c1ccc(Cl)cc1. The Kier molecular flexibility index (Phi) is 5.68. The molecule has 0 fully saturated rings. The van der Waals surface area contributed by atoms with E-state index in [4.69, 9.17) is 16.3 Å². The van der Waals surface area contributed by atoms with Crippen molar-refractivity contribution in [2.24, 2.45) is 0 Å². The quantitative estimate of drug-likeness (QED) is 0.444. The minimum absolute atomic E-state index is 0.0479. The molecule has 5 rings (SSSR count). The van der Waals surface area contributed by atoms with Crippen LogP contribution in [0.4, 0.5) is 5.69 Å². The van der Waals surface area contributed by atoms with Gasteiger partial charge in [-0.1, -0.05) is 11.6 Å². The van der Waals surface area contributed by atoms with E-state index in [9.17, 15) is 9.59 Å². The van der Waals surface area contributed by atoms with E-state index in [-0.39, 0.29) is 18.1 Å². The van der Waals surface area contributed by atoms with Gasteiger partial charge in [-0.15, -0.1) is 11.3 Å². The lowest BCUT2D eigenvalue weighted by Crippen LogP contribution is -2.18. The van der Waals surface area contributed by atoms with E-state index >= 15 is 0 Å². The number of carbonyl (C=O) groups is 1. The second-order valence-corrected chi connectivity index (χ2v) is 9.16. The summed E-state index contributed by atoms with van der Waals surface area (Å²) in [6, 6.07) is 15.3. The number of halogens is 1. The van der Waals surface area contributed by atoms with Crippen LogP contribution in [0.2, 0.25) is 5.02 Å². The molecule has 0 saturated heterocycles. The predicted octanol–water partition coefficient (Wildman–Crippen LogP) is 5.12. The molecule has 1 aliphatic carbocycles. The van der Waals surface area contributed by atoms with Gasteiger partial charge in [0.15, 0.2) is 4.96 Å². The largest absolute Gasteiger partial charge is 0.487 e. The van der Waals surface area contributed by atoms with Gasteiger partial charge in [0, 0.05) is 32.9 Å². The van der Waals surface area contributed by atoms with Crippen molar-refractivity contribution in [3.63, 3.8) is 0 Å². The van der Waals surface area contributed by atoms with Crippen LogP contribution in [0.5, 0.6) is 5.75 Å². The normalized spacial score (nSPS) is 13.0.